The quantitative estimate of drug-likeness (QED) is 0.759. The molecule has 0 bridgehead atoms. The molecule has 0 aliphatic carbocycles. The summed E-state index contributed by atoms with van der Waals surface area (Å²) in [4.78, 5) is 3.35. The fraction of sp³-hybridized carbons (Fsp3) is 0.273. The van der Waals surface area contributed by atoms with E-state index in [0.717, 1.165) is 23.5 Å². The van der Waals surface area contributed by atoms with Crippen molar-refractivity contribution >= 4 is 22.5 Å². The van der Waals surface area contributed by atoms with Gasteiger partial charge in [-0.3, -0.25) is 0 Å². The van der Waals surface area contributed by atoms with Crippen molar-refractivity contribution in [1.29, 1.82) is 0 Å². The van der Waals surface area contributed by atoms with E-state index in [-0.39, 0.29) is 0 Å². The lowest BCUT2D eigenvalue weighted by Crippen LogP contribution is -2.51. The van der Waals surface area contributed by atoms with Gasteiger partial charge < -0.3 is 10.7 Å². The van der Waals surface area contributed by atoms with Gasteiger partial charge in [-0.1, -0.05) is 11.6 Å². The largest absolute Gasteiger partial charge is 0.358 e. The monoisotopic (exact) mass is 209 g/mol. The second kappa shape index (κ2) is 3.64. The molecule has 1 heterocycles. The number of fused-ring (bicyclic) bond motifs is 1. The van der Waals surface area contributed by atoms with Gasteiger partial charge in [-0.15, -0.1) is 0 Å². The van der Waals surface area contributed by atoms with Crippen LogP contribution in [-0.4, -0.2) is 11.5 Å². The minimum atomic E-state index is 0.793. The number of hydrogen-bond acceptors (Lipinski definition) is 0. The fourth-order valence-corrected chi connectivity index (χ4v) is 2.03. The van der Waals surface area contributed by atoms with Gasteiger partial charge in [0, 0.05) is 28.0 Å². The molecule has 0 unspecified atom stereocenters. The molecule has 0 spiro atoms. The highest BCUT2D eigenvalue weighted by Gasteiger charge is 2.08. The van der Waals surface area contributed by atoms with Crippen LogP contribution in [0.5, 0.6) is 0 Å². The Hall–Kier alpha value is -0.990. The molecule has 4 N–H and O–H groups in total. The maximum Gasteiger partial charge on any atom is 0.0781 e. The second-order valence-electron chi connectivity index (χ2n) is 3.52. The highest BCUT2D eigenvalue weighted by Crippen LogP contribution is 2.25. The van der Waals surface area contributed by atoms with Gasteiger partial charge >= 0.3 is 0 Å². The van der Waals surface area contributed by atoms with Crippen LogP contribution in [0.4, 0.5) is 0 Å². The van der Waals surface area contributed by atoms with Crippen molar-refractivity contribution in [3.05, 3.63) is 34.5 Å². The number of hydrogen-bond donors (Lipinski definition) is 2. The Labute approximate surface area is 88.1 Å². The van der Waals surface area contributed by atoms with E-state index >= 15 is 0 Å². The molecule has 74 valence electrons. The topological polar surface area (TPSA) is 43.4 Å². The summed E-state index contributed by atoms with van der Waals surface area (Å²) in [5.74, 6) is 0. The molecular formula is C11H14ClN2+. The maximum atomic E-state index is 5.97. The van der Waals surface area contributed by atoms with Crippen LogP contribution in [0.2, 0.25) is 5.02 Å². The van der Waals surface area contributed by atoms with Gasteiger partial charge in [0.05, 0.1) is 6.54 Å². The Morgan fingerprint density at radius 1 is 1.43 bits per heavy atom. The predicted molar refractivity (Wildman–Crippen MR) is 59.5 cm³/mol. The zero-order valence-electron chi connectivity index (χ0n) is 8.23. The molecule has 0 aliphatic rings. The lowest BCUT2D eigenvalue weighted by atomic mass is 10.1. The smallest absolute Gasteiger partial charge is 0.0781 e. The van der Waals surface area contributed by atoms with E-state index in [0.29, 0.717) is 0 Å². The predicted octanol–water partition coefficient (Wildman–Crippen LogP) is 1.91. The number of aromatic amines is 1. The summed E-state index contributed by atoms with van der Waals surface area (Å²) < 4.78 is 0. The molecule has 1 aromatic carbocycles. The van der Waals surface area contributed by atoms with E-state index in [2.05, 4.69) is 17.6 Å². The highest BCUT2D eigenvalue weighted by molar-refractivity contribution is 6.31. The van der Waals surface area contributed by atoms with Crippen molar-refractivity contribution in [2.75, 3.05) is 6.54 Å². The number of rotatable bonds is 2. The van der Waals surface area contributed by atoms with Crippen LogP contribution in [0.3, 0.4) is 0 Å². The summed E-state index contributed by atoms with van der Waals surface area (Å²) in [6.45, 7) is 3.01. The molecule has 0 fully saturated rings. The van der Waals surface area contributed by atoms with E-state index in [9.17, 15) is 0 Å². The molecular weight excluding hydrogens is 196 g/mol. The van der Waals surface area contributed by atoms with Crippen LogP contribution in [0.15, 0.2) is 18.2 Å². The third-order valence-electron chi connectivity index (χ3n) is 2.51. The molecule has 0 atom stereocenters. The Morgan fingerprint density at radius 2 is 2.21 bits per heavy atom. The van der Waals surface area contributed by atoms with E-state index < -0.39 is 0 Å². The van der Waals surface area contributed by atoms with Gasteiger partial charge in [0.1, 0.15) is 0 Å². The summed E-state index contributed by atoms with van der Waals surface area (Å²) in [5.41, 5.74) is 7.62. The standard InChI is InChI=1S/C11H13ClN2/c1-7-9(4-5-13)10-6-8(12)2-3-11(10)14-7/h2-3,6,14H,4-5,13H2,1H3/p+1. The number of halogens is 1. The van der Waals surface area contributed by atoms with Crippen LogP contribution < -0.4 is 5.73 Å². The van der Waals surface area contributed by atoms with Crippen LogP contribution in [0.1, 0.15) is 11.3 Å². The maximum absolute atomic E-state index is 5.97. The fourth-order valence-electron chi connectivity index (χ4n) is 1.85. The lowest BCUT2D eigenvalue weighted by molar-refractivity contribution is -0.366. The number of aromatic nitrogens is 1. The zero-order chi connectivity index (χ0) is 10.1. The summed E-state index contributed by atoms with van der Waals surface area (Å²) >= 11 is 5.97. The van der Waals surface area contributed by atoms with Crippen LogP contribution in [-0.2, 0) is 6.42 Å². The third kappa shape index (κ3) is 1.51. The first-order chi connectivity index (χ1) is 6.72. The van der Waals surface area contributed by atoms with E-state index in [4.69, 9.17) is 11.6 Å². The number of benzene rings is 1. The Morgan fingerprint density at radius 3 is 2.93 bits per heavy atom. The molecule has 0 saturated carbocycles. The minimum absolute atomic E-state index is 0.793. The molecule has 0 aliphatic heterocycles. The first-order valence-corrected chi connectivity index (χ1v) is 5.16. The van der Waals surface area contributed by atoms with Crippen LogP contribution >= 0.6 is 11.6 Å². The van der Waals surface area contributed by atoms with Crippen molar-refractivity contribution in [3.8, 4) is 0 Å². The normalized spacial score (nSPS) is 11.1. The van der Waals surface area contributed by atoms with Gasteiger partial charge in [-0.25, -0.2) is 0 Å². The number of H-pyrrole nitrogens is 1. The number of quaternary nitrogens is 1. The van der Waals surface area contributed by atoms with Crippen LogP contribution in [0, 0.1) is 6.92 Å². The summed E-state index contributed by atoms with van der Waals surface area (Å²) in [7, 11) is 0. The van der Waals surface area contributed by atoms with Gasteiger partial charge in [-0.05, 0) is 30.7 Å². The second-order valence-corrected chi connectivity index (χ2v) is 3.96. The number of nitrogens with one attached hydrogen (secondary N) is 1. The lowest BCUT2D eigenvalue weighted by Gasteiger charge is -1.96. The molecule has 2 aromatic rings. The van der Waals surface area contributed by atoms with E-state index in [1.54, 1.807) is 0 Å². The minimum Gasteiger partial charge on any atom is -0.358 e. The first-order valence-electron chi connectivity index (χ1n) is 4.78. The molecule has 1 aromatic heterocycles. The number of aryl methyl sites for hydroxylation is 1. The van der Waals surface area contributed by atoms with Crippen molar-refractivity contribution in [1.82, 2.24) is 4.98 Å². The summed E-state index contributed by atoms with van der Waals surface area (Å²) in [6.07, 6.45) is 1.01. The van der Waals surface area contributed by atoms with Gasteiger partial charge in [-0.2, -0.15) is 0 Å². The zero-order valence-corrected chi connectivity index (χ0v) is 8.99. The highest BCUT2D eigenvalue weighted by atomic mass is 35.5. The Bertz CT molecular complexity index is 460. The van der Waals surface area contributed by atoms with Crippen molar-refractivity contribution in [3.63, 3.8) is 0 Å². The van der Waals surface area contributed by atoms with E-state index in [1.165, 1.54) is 16.6 Å². The molecule has 2 rings (SSSR count). The Kier molecular flexibility index (Phi) is 2.48. The molecule has 0 amide bonds. The molecule has 0 radical (unpaired) electrons. The Balaban J connectivity index is 2.66. The average molecular weight is 210 g/mol. The van der Waals surface area contributed by atoms with Gasteiger partial charge in [0.2, 0.25) is 0 Å². The van der Waals surface area contributed by atoms with Gasteiger partial charge in [0.15, 0.2) is 0 Å². The van der Waals surface area contributed by atoms with E-state index in [1.807, 2.05) is 18.2 Å². The molecule has 3 heteroatoms. The summed E-state index contributed by atoms with van der Waals surface area (Å²) in [5, 5.41) is 2.03. The van der Waals surface area contributed by atoms with Crippen molar-refractivity contribution < 1.29 is 5.73 Å². The van der Waals surface area contributed by atoms with Crippen LogP contribution in [0.25, 0.3) is 10.9 Å². The first kappa shape index (κ1) is 9.56. The SMILES string of the molecule is Cc1[nH]c2ccc(Cl)cc2c1CC[NH3+]. The molecule has 0 saturated heterocycles. The third-order valence-corrected chi connectivity index (χ3v) is 2.74. The molecule has 14 heavy (non-hydrogen) atoms. The van der Waals surface area contributed by atoms with Gasteiger partial charge in [0.25, 0.3) is 0 Å². The van der Waals surface area contributed by atoms with Crippen molar-refractivity contribution in [2.45, 2.75) is 13.3 Å². The van der Waals surface area contributed by atoms with Crippen molar-refractivity contribution in [2.24, 2.45) is 0 Å². The summed E-state index contributed by atoms with van der Waals surface area (Å²) in [6, 6.07) is 5.95. The molecule has 2 nitrogen and oxygen atoms in total. The average Bonchev–Trinajstić information content (AvgIpc) is 2.45.